The van der Waals surface area contributed by atoms with Gasteiger partial charge in [-0.2, -0.15) is 0 Å². The first-order valence-electron chi connectivity index (χ1n) is 4.12. The Balaban J connectivity index is 3.39. The van der Waals surface area contributed by atoms with E-state index in [2.05, 4.69) is 9.72 Å². The van der Waals surface area contributed by atoms with Crippen LogP contribution in [-0.2, 0) is 6.54 Å². The van der Waals surface area contributed by atoms with Gasteiger partial charge in [-0.3, -0.25) is 4.98 Å². The molecule has 0 bridgehead atoms. The first kappa shape index (κ1) is 14.0. The third-order valence-corrected chi connectivity index (χ3v) is 2.46. The molecule has 0 fully saturated rings. The van der Waals surface area contributed by atoms with Gasteiger partial charge in [-0.1, -0.05) is 0 Å². The number of carbonyl (C=O) groups is 1. The van der Waals surface area contributed by atoms with Crippen LogP contribution in [0.25, 0.3) is 0 Å². The number of carboxylic acids is 1. The molecule has 5 nitrogen and oxygen atoms in total. The van der Waals surface area contributed by atoms with E-state index in [1.54, 1.807) is 0 Å². The molecule has 0 aliphatic rings. The van der Waals surface area contributed by atoms with Crippen LogP contribution < -0.4 is 10.5 Å². The number of rotatable bonds is 3. The zero-order valence-electron chi connectivity index (χ0n) is 8.08. The van der Waals surface area contributed by atoms with Crippen molar-refractivity contribution in [1.29, 1.82) is 0 Å². The number of pyridine rings is 1. The van der Waals surface area contributed by atoms with Crippen LogP contribution >= 0.6 is 22.6 Å². The topological polar surface area (TPSA) is 85.4 Å². The van der Waals surface area contributed by atoms with Crippen molar-refractivity contribution in [3.8, 4) is 5.75 Å². The van der Waals surface area contributed by atoms with Crippen molar-refractivity contribution in [3.05, 3.63) is 21.0 Å². The van der Waals surface area contributed by atoms with Crippen molar-refractivity contribution >= 4 is 28.6 Å². The largest absolute Gasteiger partial charge is 0.573 e. The predicted octanol–water partition coefficient (Wildman–Crippen LogP) is 1.74. The molecule has 3 N–H and O–H groups in total. The summed E-state index contributed by atoms with van der Waals surface area (Å²) in [5.41, 5.74) is 4.37. The number of hydrogen-bond donors (Lipinski definition) is 2. The molecule has 0 aliphatic carbocycles. The maximum Gasteiger partial charge on any atom is 0.573 e. The predicted molar refractivity (Wildman–Crippen MR) is 58.5 cm³/mol. The zero-order valence-corrected chi connectivity index (χ0v) is 10.2. The summed E-state index contributed by atoms with van der Waals surface area (Å²) in [6.45, 7) is -0.299. The molecule has 1 aromatic heterocycles. The van der Waals surface area contributed by atoms with Crippen molar-refractivity contribution in [3.63, 3.8) is 0 Å². The lowest BCUT2D eigenvalue weighted by Gasteiger charge is -2.14. The van der Waals surface area contributed by atoms with Crippen molar-refractivity contribution in [1.82, 2.24) is 4.98 Å². The van der Waals surface area contributed by atoms with Crippen LogP contribution in [0, 0.1) is 3.57 Å². The van der Waals surface area contributed by atoms with Gasteiger partial charge in [0.05, 0.1) is 9.26 Å². The van der Waals surface area contributed by atoms with Gasteiger partial charge in [-0.15, -0.1) is 13.2 Å². The maximum atomic E-state index is 12.1. The minimum Gasteiger partial charge on any atom is -0.477 e. The van der Waals surface area contributed by atoms with Gasteiger partial charge in [0.15, 0.2) is 5.75 Å². The molecule has 1 heterocycles. The minimum absolute atomic E-state index is 0.0606. The summed E-state index contributed by atoms with van der Waals surface area (Å²) in [7, 11) is 0. The van der Waals surface area contributed by atoms with E-state index in [1.165, 1.54) is 22.6 Å². The third-order valence-electron chi connectivity index (χ3n) is 1.69. The van der Waals surface area contributed by atoms with E-state index in [4.69, 9.17) is 10.8 Å². The second-order valence-corrected chi connectivity index (χ2v) is 3.98. The van der Waals surface area contributed by atoms with Crippen LogP contribution in [0.2, 0.25) is 0 Å². The van der Waals surface area contributed by atoms with Crippen LogP contribution in [0.4, 0.5) is 13.2 Å². The quantitative estimate of drug-likeness (QED) is 0.801. The number of alkyl halides is 3. The first-order valence-corrected chi connectivity index (χ1v) is 5.20. The van der Waals surface area contributed by atoms with Crippen molar-refractivity contribution in [2.75, 3.05) is 0 Å². The smallest absolute Gasteiger partial charge is 0.477 e. The van der Waals surface area contributed by atoms with E-state index < -0.39 is 23.6 Å². The van der Waals surface area contributed by atoms with E-state index >= 15 is 0 Å². The average Bonchev–Trinajstić information content (AvgIpc) is 2.18. The lowest BCUT2D eigenvalue weighted by atomic mass is 10.1. The lowest BCUT2D eigenvalue weighted by Crippen LogP contribution is -2.21. The highest BCUT2D eigenvalue weighted by Crippen LogP contribution is 2.32. The van der Waals surface area contributed by atoms with E-state index in [-0.39, 0.29) is 15.8 Å². The number of carboxylic acid groups (broad SMARTS) is 1. The molecule has 1 aromatic rings. The minimum atomic E-state index is -4.97. The Morgan fingerprint density at radius 1 is 1.59 bits per heavy atom. The molecule has 0 aliphatic heterocycles. The molecule has 0 saturated heterocycles. The average molecular weight is 362 g/mol. The number of ether oxygens (including phenoxy) is 1. The van der Waals surface area contributed by atoms with Crippen molar-refractivity contribution in [2.45, 2.75) is 12.9 Å². The number of aromatic carboxylic acids is 1. The van der Waals surface area contributed by atoms with Gasteiger partial charge < -0.3 is 15.6 Å². The van der Waals surface area contributed by atoms with E-state index in [0.717, 1.165) is 6.20 Å². The Morgan fingerprint density at radius 2 is 2.18 bits per heavy atom. The Hall–Kier alpha value is -1.10. The van der Waals surface area contributed by atoms with E-state index in [9.17, 15) is 18.0 Å². The standard InChI is InChI=1S/C8H6F3IN2O3/c9-8(10,11)17-6-3(12)2-14-4(1-13)5(6)7(15)16/h2H,1,13H2,(H,15,16). The summed E-state index contributed by atoms with van der Waals surface area (Å²) < 4.78 is 40.0. The van der Waals surface area contributed by atoms with Crippen molar-refractivity contribution in [2.24, 2.45) is 5.73 Å². The fraction of sp³-hybridized carbons (Fsp3) is 0.250. The summed E-state index contributed by atoms with van der Waals surface area (Å²) in [5.74, 6) is -2.36. The Bertz CT molecular complexity index is 450. The third kappa shape index (κ3) is 3.43. The van der Waals surface area contributed by atoms with Crippen LogP contribution in [-0.4, -0.2) is 22.4 Å². The number of nitrogens with two attached hydrogens (primary N) is 1. The second-order valence-electron chi connectivity index (χ2n) is 2.81. The van der Waals surface area contributed by atoms with Crippen LogP contribution in [0.15, 0.2) is 6.20 Å². The van der Waals surface area contributed by atoms with Gasteiger partial charge in [-0.05, 0) is 22.6 Å². The number of halogens is 4. The Morgan fingerprint density at radius 3 is 2.59 bits per heavy atom. The number of nitrogens with zero attached hydrogens (tertiary/aromatic N) is 1. The molecule has 0 amide bonds. The number of hydrogen-bond acceptors (Lipinski definition) is 4. The molecule has 9 heteroatoms. The molecule has 0 aromatic carbocycles. The second kappa shape index (κ2) is 5.04. The summed E-state index contributed by atoms with van der Waals surface area (Å²) in [6, 6.07) is 0. The van der Waals surface area contributed by atoms with E-state index in [1.807, 2.05) is 0 Å². The van der Waals surface area contributed by atoms with Crippen LogP contribution in [0.3, 0.4) is 0 Å². The van der Waals surface area contributed by atoms with Crippen LogP contribution in [0.1, 0.15) is 16.1 Å². The summed E-state index contributed by atoms with van der Waals surface area (Å²) in [6.07, 6.45) is -3.91. The first-order chi connectivity index (χ1) is 7.76. The highest BCUT2D eigenvalue weighted by Gasteiger charge is 2.35. The SMILES string of the molecule is NCc1ncc(I)c(OC(F)(F)F)c1C(=O)O. The Labute approximate surface area is 107 Å². The maximum absolute atomic E-state index is 12.1. The molecule has 94 valence electrons. The van der Waals surface area contributed by atoms with Crippen LogP contribution in [0.5, 0.6) is 5.75 Å². The molecular formula is C8H6F3IN2O3. The van der Waals surface area contributed by atoms with Gasteiger partial charge in [0.1, 0.15) is 5.56 Å². The van der Waals surface area contributed by atoms with Crippen molar-refractivity contribution < 1.29 is 27.8 Å². The highest BCUT2D eigenvalue weighted by atomic mass is 127. The molecule has 0 unspecified atom stereocenters. The lowest BCUT2D eigenvalue weighted by molar-refractivity contribution is -0.275. The van der Waals surface area contributed by atoms with Gasteiger partial charge in [0.2, 0.25) is 0 Å². The van der Waals surface area contributed by atoms with Gasteiger partial charge in [-0.25, -0.2) is 4.79 Å². The molecule has 1 rings (SSSR count). The molecule has 0 atom stereocenters. The summed E-state index contributed by atoms with van der Waals surface area (Å²) in [4.78, 5) is 14.5. The molecule has 0 spiro atoms. The fourth-order valence-corrected chi connectivity index (χ4v) is 1.62. The van der Waals surface area contributed by atoms with Gasteiger partial charge in [0.25, 0.3) is 0 Å². The monoisotopic (exact) mass is 362 g/mol. The van der Waals surface area contributed by atoms with E-state index in [0.29, 0.717) is 0 Å². The summed E-state index contributed by atoms with van der Waals surface area (Å²) >= 11 is 1.50. The summed E-state index contributed by atoms with van der Waals surface area (Å²) in [5, 5.41) is 8.85. The molecule has 0 radical (unpaired) electrons. The normalized spacial score (nSPS) is 11.4. The zero-order chi connectivity index (χ0) is 13.2. The molecule has 17 heavy (non-hydrogen) atoms. The fourth-order valence-electron chi connectivity index (χ4n) is 1.10. The molecular weight excluding hydrogens is 356 g/mol. The van der Waals surface area contributed by atoms with Gasteiger partial charge in [0, 0.05) is 12.7 Å². The highest BCUT2D eigenvalue weighted by molar-refractivity contribution is 14.1. The van der Waals surface area contributed by atoms with Gasteiger partial charge >= 0.3 is 12.3 Å². The number of aromatic nitrogens is 1. The molecule has 0 saturated carbocycles. The Kier molecular flexibility index (Phi) is 4.14.